The van der Waals surface area contributed by atoms with E-state index in [1.807, 2.05) is 20.8 Å². The summed E-state index contributed by atoms with van der Waals surface area (Å²) in [4.78, 5) is 31.8. The lowest BCUT2D eigenvalue weighted by Gasteiger charge is -2.20. The molecule has 6 nitrogen and oxygen atoms in total. The summed E-state index contributed by atoms with van der Waals surface area (Å²) in [5.74, 6) is 0.0858. The predicted molar refractivity (Wildman–Crippen MR) is 89.8 cm³/mol. The van der Waals surface area contributed by atoms with Crippen LogP contribution in [-0.4, -0.2) is 27.2 Å². The third-order valence-corrected chi connectivity index (χ3v) is 2.93. The first kappa shape index (κ1) is 16.6. The molecule has 0 aliphatic carbocycles. The third-order valence-electron chi connectivity index (χ3n) is 2.93. The lowest BCUT2D eigenvalue weighted by atomic mass is 10.1. The molecule has 0 atom stereocenters. The molecule has 120 valence electrons. The van der Waals surface area contributed by atoms with Crippen LogP contribution >= 0.6 is 0 Å². The molecule has 0 aliphatic rings. The van der Waals surface area contributed by atoms with Crippen molar-refractivity contribution in [1.29, 1.82) is 0 Å². The van der Waals surface area contributed by atoms with Gasteiger partial charge in [0.2, 0.25) is 5.95 Å². The zero-order valence-corrected chi connectivity index (χ0v) is 13.7. The van der Waals surface area contributed by atoms with Crippen LogP contribution in [0, 0.1) is 0 Å². The van der Waals surface area contributed by atoms with E-state index in [0.29, 0.717) is 22.8 Å². The molecule has 1 aromatic carbocycles. The lowest BCUT2D eigenvalue weighted by Crippen LogP contribution is -2.27. The van der Waals surface area contributed by atoms with Gasteiger partial charge in [-0.05, 0) is 39.8 Å². The van der Waals surface area contributed by atoms with Crippen LogP contribution in [0.2, 0.25) is 0 Å². The molecule has 1 amide bonds. The molecule has 0 spiro atoms. The SMILES string of the molecule is CC(=O)c1cccc(NC(=O)c2cnc(NC(C)(C)C)nc2)c1. The molecule has 6 heteroatoms. The number of hydrogen-bond acceptors (Lipinski definition) is 5. The standard InChI is InChI=1S/C17H20N4O2/c1-11(22)12-6-5-7-14(8-12)20-15(23)13-9-18-16(19-10-13)21-17(2,3)4/h5-10H,1-4H3,(H,20,23)(H,18,19,21). The van der Waals surface area contributed by atoms with Crippen LogP contribution in [0.15, 0.2) is 36.7 Å². The Morgan fingerprint density at radius 3 is 2.26 bits per heavy atom. The fourth-order valence-corrected chi connectivity index (χ4v) is 1.86. The van der Waals surface area contributed by atoms with E-state index in [4.69, 9.17) is 0 Å². The molecule has 2 rings (SSSR count). The predicted octanol–water partition coefficient (Wildman–Crippen LogP) is 3.14. The summed E-state index contributed by atoms with van der Waals surface area (Å²) in [6.45, 7) is 7.48. The Hall–Kier alpha value is -2.76. The van der Waals surface area contributed by atoms with E-state index in [0.717, 1.165) is 0 Å². The van der Waals surface area contributed by atoms with Crippen LogP contribution < -0.4 is 10.6 Å². The minimum absolute atomic E-state index is 0.0537. The van der Waals surface area contributed by atoms with Crippen molar-refractivity contribution < 1.29 is 9.59 Å². The molecule has 0 unspecified atom stereocenters. The van der Waals surface area contributed by atoms with Crippen LogP contribution in [0.4, 0.5) is 11.6 Å². The molecule has 2 N–H and O–H groups in total. The molecule has 1 aromatic heterocycles. The van der Waals surface area contributed by atoms with Crippen LogP contribution in [0.1, 0.15) is 48.4 Å². The second-order valence-corrected chi connectivity index (χ2v) is 6.26. The van der Waals surface area contributed by atoms with Gasteiger partial charge in [0.1, 0.15) is 0 Å². The molecule has 2 aromatic rings. The summed E-state index contributed by atoms with van der Waals surface area (Å²) in [6, 6.07) is 6.78. The number of nitrogens with zero attached hydrogens (tertiary/aromatic N) is 2. The second kappa shape index (κ2) is 6.56. The van der Waals surface area contributed by atoms with Crippen molar-refractivity contribution in [3.63, 3.8) is 0 Å². The Labute approximate surface area is 135 Å². The summed E-state index contributed by atoms with van der Waals surface area (Å²) in [5.41, 5.74) is 1.29. The summed E-state index contributed by atoms with van der Waals surface area (Å²) >= 11 is 0. The van der Waals surface area contributed by atoms with E-state index in [2.05, 4.69) is 20.6 Å². The van der Waals surface area contributed by atoms with Crippen LogP contribution in [0.3, 0.4) is 0 Å². The number of carbonyl (C=O) groups is 2. The number of Topliss-reactive ketones (excluding diaryl/α,β-unsaturated/α-hetero) is 1. The maximum absolute atomic E-state index is 12.2. The molecular formula is C17H20N4O2. The quantitative estimate of drug-likeness (QED) is 0.847. The minimum atomic E-state index is -0.326. The number of aromatic nitrogens is 2. The highest BCUT2D eigenvalue weighted by Crippen LogP contribution is 2.13. The molecule has 0 saturated carbocycles. The maximum atomic E-state index is 12.2. The lowest BCUT2D eigenvalue weighted by molar-refractivity contribution is 0.101. The molecule has 23 heavy (non-hydrogen) atoms. The highest BCUT2D eigenvalue weighted by molar-refractivity contribution is 6.04. The fraction of sp³-hybridized carbons (Fsp3) is 0.294. The van der Waals surface area contributed by atoms with E-state index < -0.39 is 0 Å². The highest BCUT2D eigenvalue weighted by atomic mass is 16.1. The van der Waals surface area contributed by atoms with E-state index in [-0.39, 0.29) is 17.2 Å². The van der Waals surface area contributed by atoms with Crippen molar-refractivity contribution >= 4 is 23.3 Å². The first-order valence-corrected chi connectivity index (χ1v) is 7.27. The van der Waals surface area contributed by atoms with E-state index in [1.54, 1.807) is 24.3 Å². The number of ketones is 1. The molecule has 1 heterocycles. The molecular weight excluding hydrogens is 292 g/mol. The topological polar surface area (TPSA) is 84.0 Å². The van der Waals surface area contributed by atoms with Gasteiger partial charge >= 0.3 is 0 Å². The fourth-order valence-electron chi connectivity index (χ4n) is 1.86. The largest absolute Gasteiger partial charge is 0.350 e. The number of rotatable bonds is 4. The average molecular weight is 312 g/mol. The zero-order chi connectivity index (χ0) is 17.0. The average Bonchev–Trinajstić information content (AvgIpc) is 2.46. The number of anilines is 2. The van der Waals surface area contributed by atoms with Crippen molar-refractivity contribution in [3.8, 4) is 0 Å². The zero-order valence-electron chi connectivity index (χ0n) is 13.7. The normalized spacial score (nSPS) is 11.0. The van der Waals surface area contributed by atoms with E-state index in [1.165, 1.54) is 19.3 Å². The van der Waals surface area contributed by atoms with Crippen molar-refractivity contribution in [2.24, 2.45) is 0 Å². The Balaban J connectivity index is 2.09. The van der Waals surface area contributed by atoms with Gasteiger partial charge in [-0.1, -0.05) is 12.1 Å². The second-order valence-electron chi connectivity index (χ2n) is 6.26. The minimum Gasteiger partial charge on any atom is -0.350 e. The monoisotopic (exact) mass is 312 g/mol. The Morgan fingerprint density at radius 1 is 1.04 bits per heavy atom. The molecule has 0 aliphatic heterocycles. The molecule has 0 radical (unpaired) electrons. The van der Waals surface area contributed by atoms with Gasteiger partial charge in [-0.15, -0.1) is 0 Å². The first-order chi connectivity index (χ1) is 10.7. The number of hydrogen-bond donors (Lipinski definition) is 2. The smallest absolute Gasteiger partial charge is 0.258 e. The van der Waals surface area contributed by atoms with Gasteiger partial charge in [0.05, 0.1) is 5.56 Å². The number of amides is 1. The van der Waals surface area contributed by atoms with Crippen LogP contribution in [-0.2, 0) is 0 Å². The van der Waals surface area contributed by atoms with Crippen LogP contribution in [0.5, 0.6) is 0 Å². The van der Waals surface area contributed by atoms with Crippen molar-refractivity contribution in [1.82, 2.24) is 9.97 Å². The van der Waals surface area contributed by atoms with Crippen molar-refractivity contribution in [3.05, 3.63) is 47.8 Å². The van der Waals surface area contributed by atoms with Crippen LogP contribution in [0.25, 0.3) is 0 Å². The van der Waals surface area contributed by atoms with Crippen molar-refractivity contribution in [2.45, 2.75) is 33.2 Å². The van der Waals surface area contributed by atoms with Gasteiger partial charge in [0.15, 0.2) is 5.78 Å². The highest BCUT2D eigenvalue weighted by Gasteiger charge is 2.13. The van der Waals surface area contributed by atoms with Gasteiger partial charge in [0.25, 0.3) is 5.91 Å². The van der Waals surface area contributed by atoms with Gasteiger partial charge < -0.3 is 10.6 Å². The molecule has 0 bridgehead atoms. The van der Waals surface area contributed by atoms with E-state index in [9.17, 15) is 9.59 Å². The Bertz CT molecular complexity index is 718. The van der Waals surface area contributed by atoms with E-state index >= 15 is 0 Å². The van der Waals surface area contributed by atoms with Gasteiger partial charge in [-0.25, -0.2) is 9.97 Å². The Kier molecular flexibility index (Phi) is 4.74. The number of carbonyl (C=O) groups excluding carboxylic acids is 2. The third kappa shape index (κ3) is 4.88. The number of nitrogens with one attached hydrogen (secondary N) is 2. The van der Waals surface area contributed by atoms with Gasteiger partial charge in [-0.3, -0.25) is 9.59 Å². The summed E-state index contributed by atoms with van der Waals surface area (Å²) in [7, 11) is 0. The maximum Gasteiger partial charge on any atom is 0.258 e. The van der Waals surface area contributed by atoms with Crippen molar-refractivity contribution in [2.75, 3.05) is 10.6 Å². The molecule has 0 saturated heterocycles. The molecule has 0 fully saturated rings. The summed E-state index contributed by atoms with van der Waals surface area (Å²) in [6.07, 6.45) is 2.93. The van der Waals surface area contributed by atoms with Gasteiger partial charge in [-0.2, -0.15) is 0 Å². The van der Waals surface area contributed by atoms with Gasteiger partial charge in [0, 0.05) is 29.2 Å². The first-order valence-electron chi connectivity index (χ1n) is 7.27. The summed E-state index contributed by atoms with van der Waals surface area (Å²) < 4.78 is 0. The Morgan fingerprint density at radius 2 is 1.70 bits per heavy atom. The summed E-state index contributed by atoms with van der Waals surface area (Å²) in [5, 5.41) is 5.86. The number of benzene rings is 1.